The van der Waals surface area contributed by atoms with Crippen LogP contribution in [0.5, 0.6) is 0 Å². The smallest absolute Gasteiger partial charge is 0.161 e. The van der Waals surface area contributed by atoms with E-state index in [4.69, 9.17) is 4.98 Å². The monoisotopic (exact) mass is 320 g/mol. The maximum absolute atomic E-state index is 4.96. The second kappa shape index (κ2) is 5.54. The van der Waals surface area contributed by atoms with Gasteiger partial charge in [0, 0.05) is 42.3 Å². The fourth-order valence-corrected chi connectivity index (χ4v) is 5.39. The summed E-state index contributed by atoms with van der Waals surface area (Å²) < 4.78 is 0. The zero-order chi connectivity index (χ0) is 16.1. The Morgan fingerprint density at radius 3 is 2.38 bits per heavy atom. The average molecular weight is 320 g/mol. The van der Waals surface area contributed by atoms with Gasteiger partial charge in [-0.25, -0.2) is 9.97 Å². The van der Waals surface area contributed by atoms with Gasteiger partial charge in [-0.15, -0.1) is 0 Å². The van der Waals surface area contributed by atoms with Crippen LogP contribution in [-0.2, 0) is 0 Å². The number of nitrogens with zero attached hydrogens (tertiary/aromatic N) is 4. The van der Waals surface area contributed by atoms with Gasteiger partial charge in [-0.2, -0.15) is 0 Å². The standard InChI is InChI=1S/C20H24N4/c1-13-6-19(23-20(22-13)17-2-4-21-5-3-17)24-12-16-8-14-7-15(9-16)11-18(24)10-14/h2-6,14-16,18H,7-12H2,1H3. The minimum Gasteiger partial charge on any atom is -0.353 e. The first kappa shape index (κ1) is 14.4. The van der Waals surface area contributed by atoms with E-state index in [0.717, 1.165) is 40.7 Å². The van der Waals surface area contributed by atoms with Crippen LogP contribution in [0, 0.1) is 24.7 Å². The van der Waals surface area contributed by atoms with Crippen LogP contribution >= 0.6 is 0 Å². The lowest BCUT2D eigenvalue weighted by Gasteiger charge is -2.39. The summed E-state index contributed by atoms with van der Waals surface area (Å²) >= 11 is 0. The quantitative estimate of drug-likeness (QED) is 0.842. The van der Waals surface area contributed by atoms with E-state index in [0.29, 0.717) is 6.04 Å². The van der Waals surface area contributed by atoms with E-state index in [1.807, 2.05) is 24.5 Å². The molecule has 4 aliphatic rings. The third kappa shape index (κ3) is 2.48. The Kier molecular flexibility index (Phi) is 3.32. The minimum absolute atomic E-state index is 0.681. The molecule has 2 saturated heterocycles. The Balaban J connectivity index is 1.54. The Morgan fingerprint density at radius 1 is 0.917 bits per heavy atom. The first-order valence-electron chi connectivity index (χ1n) is 9.27. The van der Waals surface area contributed by atoms with Gasteiger partial charge in [-0.05, 0) is 68.9 Å². The molecule has 2 aromatic rings. The highest BCUT2D eigenvalue weighted by atomic mass is 15.2. The number of aryl methyl sites for hydroxylation is 1. The maximum Gasteiger partial charge on any atom is 0.161 e. The molecule has 2 atom stereocenters. The van der Waals surface area contributed by atoms with Crippen molar-refractivity contribution in [1.29, 1.82) is 0 Å². The first-order valence-corrected chi connectivity index (χ1v) is 9.27. The molecule has 0 amide bonds. The van der Waals surface area contributed by atoms with Crippen molar-refractivity contribution in [3.05, 3.63) is 36.3 Å². The molecular formula is C20H24N4. The van der Waals surface area contributed by atoms with Crippen LogP contribution in [0.15, 0.2) is 30.6 Å². The zero-order valence-electron chi connectivity index (χ0n) is 14.2. The molecule has 4 heterocycles. The lowest BCUT2D eigenvalue weighted by Crippen LogP contribution is -2.38. The SMILES string of the molecule is Cc1cc(N2CC3CC4CC(C3)CC2C4)nc(-c2ccncc2)n1. The highest BCUT2D eigenvalue weighted by molar-refractivity contribution is 5.57. The summed E-state index contributed by atoms with van der Waals surface area (Å²) in [7, 11) is 0. The molecular weight excluding hydrogens is 296 g/mol. The number of anilines is 1. The highest BCUT2D eigenvalue weighted by Gasteiger charge is 2.43. The molecule has 0 aromatic carbocycles. The van der Waals surface area contributed by atoms with Gasteiger partial charge in [0.1, 0.15) is 5.82 Å². The molecule has 24 heavy (non-hydrogen) atoms. The number of pyridine rings is 1. The molecule has 4 heteroatoms. The van der Waals surface area contributed by atoms with Gasteiger partial charge in [0.2, 0.25) is 0 Å². The van der Waals surface area contributed by atoms with Crippen LogP contribution in [0.3, 0.4) is 0 Å². The normalized spacial score (nSPS) is 31.3. The van der Waals surface area contributed by atoms with Gasteiger partial charge in [-0.3, -0.25) is 4.98 Å². The predicted molar refractivity (Wildman–Crippen MR) is 94.7 cm³/mol. The highest BCUT2D eigenvalue weighted by Crippen LogP contribution is 2.48. The van der Waals surface area contributed by atoms with Crippen molar-refractivity contribution in [3.63, 3.8) is 0 Å². The van der Waals surface area contributed by atoms with Gasteiger partial charge >= 0.3 is 0 Å². The Bertz CT molecular complexity index is 731. The fourth-order valence-electron chi connectivity index (χ4n) is 5.39. The molecule has 124 valence electrons. The summed E-state index contributed by atoms with van der Waals surface area (Å²) in [5.41, 5.74) is 2.10. The molecule has 2 aromatic heterocycles. The van der Waals surface area contributed by atoms with Crippen molar-refractivity contribution < 1.29 is 0 Å². The van der Waals surface area contributed by atoms with Crippen molar-refractivity contribution in [2.45, 2.75) is 45.1 Å². The second-order valence-electron chi connectivity index (χ2n) is 8.01. The second-order valence-corrected chi connectivity index (χ2v) is 8.01. The van der Waals surface area contributed by atoms with E-state index in [9.17, 15) is 0 Å². The lowest BCUT2D eigenvalue weighted by molar-refractivity contribution is 0.157. The summed E-state index contributed by atoms with van der Waals surface area (Å²) in [4.78, 5) is 16.3. The molecule has 2 aliphatic carbocycles. The van der Waals surface area contributed by atoms with E-state index < -0.39 is 0 Å². The van der Waals surface area contributed by atoms with Crippen molar-refractivity contribution in [2.24, 2.45) is 17.8 Å². The molecule has 0 radical (unpaired) electrons. The van der Waals surface area contributed by atoms with Gasteiger partial charge < -0.3 is 4.90 Å². The lowest BCUT2D eigenvalue weighted by atomic mass is 9.68. The third-order valence-corrected chi connectivity index (χ3v) is 6.18. The van der Waals surface area contributed by atoms with Crippen molar-refractivity contribution in [2.75, 3.05) is 11.4 Å². The van der Waals surface area contributed by atoms with E-state index in [2.05, 4.69) is 27.9 Å². The molecule has 2 saturated carbocycles. The molecule has 4 bridgehead atoms. The summed E-state index contributed by atoms with van der Waals surface area (Å²) in [5.74, 6) is 4.74. The summed E-state index contributed by atoms with van der Waals surface area (Å²) in [6, 6.07) is 6.85. The molecule has 0 spiro atoms. The maximum atomic E-state index is 4.96. The largest absolute Gasteiger partial charge is 0.353 e. The van der Waals surface area contributed by atoms with E-state index in [1.54, 1.807) is 0 Å². The topological polar surface area (TPSA) is 41.9 Å². The molecule has 0 N–H and O–H groups in total. The number of aromatic nitrogens is 3. The number of hydrogen-bond donors (Lipinski definition) is 0. The first-order chi connectivity index (χ1) is 11.7. The van der Waals surface area contributed by atoms with Gasteiger partial charge in [-0.1, -0.05) is 0 Å². The molecule has 6 rings (SSSR count). The van der Waals surface area contributed by atoms with Crippen LogP contribution < -0.4 is 4.90 Å². The molecule has 4 nitrogen and oxygen atoms in total. The number of fused-ring (bicyclic) bond motifs is 1. The summed E-state index contributed by atoms with van der Waals surface area (Å²) in [6.07, 6.45) is 10.7. The predicted octanol–water partition coefficient (Wildman–Crippen LogP) is 3.86. The van der Waals surface area contributed by atoms with E-state index in [-0.39, 0.29) is 0 Å². The molecule has 4 fully saturated rings. The van der Waals surface area contributed by atoms with Crippen molar-refractivity contribution in [3.8, 4) is 11.4 Å². The van der Waals surface area contributed by atoms with Gasteiger partial charge in [0.05, 0.1) is 0 Å². The third-order valence-electron chi connectivity index (χ3n) is 6.18. The van der Waals surface area contributed by atoms with Crippen LogP contribution in [-0.4, -0.2) is 27.5 Å². The van der Waals surface area contributed by atoms with Crippen LogP contribution in [0.4, 0.5) is 5.82 Å². The zero-order valence-corrected chi connectivity index (χ0v) is 14.2. The van der Waals surface area contributed by atoms with Crippen molar-refractivity contribution >= 4 is 5.82 Å². The van der Waals surface area contributed by atoms with E-state index in [1.165, 1.54) is 38.6 Å². The van der Waals surface area contributed by atoms with Crippen LogP contribution in [0.1, 0.15) is 37.8 Å². The van der Waals surface area contributed by atoms with Gasteiger partial charge in [0.25, 0.3) is 0 Å². The Morgan fingerprint density at radius 2 is 1.62 bits per heavy atom. The fraction of sp³-hybridized carbons (Fsp3) is 0.550. The van der Waals surface area contributed by atoms with E-state index >= 15 is 0 Å². The Labute approximate surface area is 143 Å². The molecule has 2 unspecified atom stereocenters. The van der Waals surface area contributed by atoms with Crippen LogP contribution in [0.2, 0.25) is 0 Å². The minimum atomic E-state index is 0.681. The number of rotatable bonds is 2. The number of hydrogen-bond acceptors (Lipinski definition) is 4. The molecule has 2 aliphatic heterocycles. The van der Waals surface area contributed by atoms with Crippen LogP contribution in [0.25, 0.3) is 11.4 Å². The summed E-state index contributed by atoms with van der Waals surface area (Å²) in [6.45, 7) is 3.27. The van der Waals surface area contributed by atoms with Gasteiger partial charge in [0.15, 0.2) is 5.82 Å². The summed E-state index contributed by atoms with van der Waals surface area (Å²) in [5, 5.41) is 0. The van der Waals surface area contributed by atoms with Crippen molar-refractivity contribution in [1.82, 2.24) is 15.0 Å². The average Bonchev–Trinajstić information content (AvgIpc) is 2.79. The Hall–Kier alpha value is -1.97.